The van der Waals surface area contributed by atoms with Crippen LogP contribution in [0.4, 0.5) is 0 Å². The number of nitrogens with one attached hydrogen (secondary N) is 2. The summed E-state index contributed by atoms with van der Waals surface area (Å²) >= 11 is 0. The fraction of sp³-hybridized carbons (Fsp3) is 0.474. The number of carbonyl (C=O) groups is 1. The van der Waals surface area contributed by atoms with E-state index in [9.17, 15) is 9.90 Å². The number of ketones is 1. The predicted octanol–water partition coefficient (Wildman–Crippen LogP) is 3.17. The summed E-state index contributed by atoms with van der Waals surface area (Å²) in [7, 11) is 3.80. The molecule has 1 heterocycles. The number of benzene rings is 1. The summed E-state index contributed by atoms with van der Waals surface area (Å²) in [4.78, 5) is 17.4. The van der Waals surface area contributed by atoms with E-state index >= 15 is 0 Å². The lowest BCUT2D eigenvalue weighted by Crippen LogP contribution is -2.24. The predicted molar refractivity (Wildman–Crippen MR) is 98.0 cm³/mol. The average Bonchev–Trinajstić information content (AvgIpc) is 2.83. The van der Waals surface area contributed by atoms with Gasteiger partial charge in [0.25, 0.3) is 0 Å². The number of nitrogens with zero attached hydrogens (tertiary/aromatic N) is 1. The molecule has 0 radical (unpaired) electrons. The highest BCUT2D eigenvalue weighted by Crippen LogP contribution is 2.34. The van der Waals surface area contributed by atoms with E-state index in [0.29, 0.717) is 24.4 Å². The molecule has 5 heteroatoms. The first-order chi connectivity index (χ1) is 11.3. The van der Waals surface area contributed by atoms with Gasteiger partial charge in [-0.15, -0.1) is 0 Å². The quantitative estimate of drug-likeness (QED) is 0.683. The highest BCUT2D eigenvalue weighted by molar-refractivity contribution is 6.08. The molecule has 0 aliphatic heterocycles. The van der Waals surface area contributed by atoms with Gasteiger partial charge < -0.3 is 20.4 Å². The van der Waals surface area contributed by atoms with E-state index in [1.54, 1.807) is 0 Å². The van der Waals surface area contributed by atoms with Crippen LogP contribution in [0.25, 0.3) is 10.9 Å². The molecule has 0 fully saturated rings. The zero-order valence-electron chi connectivity index (χ0n) is 15.1. The first-order valence-corrected chi connectivity index (χ1v) is 8.28. The number of aromatic amines is 1. The minimum Gasteiger partial charge on any atom is -0.387 e. The Morgan fingerprint density at radius 1 is 1.38 bits per heavy atom. The van der Waals surface area contributed by atoms with Gasteiger partial charge in [-0.2, -0.15) is 0 Å². The van der Waals surface area contributed by atoms with E-state index < -0.39 is 12.0 Å². The number of aliphatic hydroxyl groups excluding tert-OH is 1. The summed E-state index contributed by atoms with van der Waals surface area (Å²) in [6.07, 6.45) is -0.223. The minimum absolute atomic E-state index is 0.0802. The standard InChI is InChI=1S/C19H27N3O2/c1-6-14(20)17(12(3)23)19-18(16(24)10-22(4)5)13-9-11(2)7-8-15(13)21-19/h7-9,16-17,20-21,24H,6,10H2,1-5H3. The lowest BCUT2D eigenvalue weighted by Gasteiger charge is -2.21. The van der Waals surface area contributed by atoms with Gasteiger partial charge in [0.2, 0.25) is 0 Å². The van der Waals surface area contributed by atoms with Gasteiger partial charge in [-0.25, -0.2) is 0 Å². The number of H-pyrrole nitrogens is 1. The molecule has 0 aliphatic carbocycles. The van der Waals surface area contributed by atoms with Crippen LogP contribution in [0.15, 0.2) is 18.2 Å². The lowest BCUT2D eigenvalue weighted by molar-refractivity contribution is -0.117. The van der Waals surface area contributed by atoms with E-state index in [-0.39, 0.29) is 5.78 Å². The summed E-state index contributed by atoms with van der Waals surface area (Å²) in [5.41, 5.74) is 3.74. The van der Waals surface area contributed by atoms with Gasteiger partial charge in [0.15, 0.2) is 0 Å². The summed E-state index contributed by atoms with van der Waals surface area (Å²) in [6.45, 7) is 5.84. The molecule has 1 aromatic carbocycles. The van der Waals surface area contributed by atoms with E-state index in [4.69, 9.17) is 5.41 Å². The number of rotatable bonds is 7. The Morgan fingerprint density at radius 3 is 2.58 bits per heavy atom. The average molecular weight is 329 g/mol. The van der Waals surface area contributed by atoms with Crippen LogP contribution in [0, 0.1) is 12.3 Å². The van der Waals surface area contributed by atoms with Crippen LogP contribution in [-0.2, 0) is 4.79 Å². The Bertz CT molecular complexity index is 761. The van der Waals surface area contributed by atoms with Gasteiger partial charge in [-0.05, 0) is 46.5 Å². The number of Topliss-reactive ketones (excluding diaryl/α,β-unsaturated/α-hetero) is 1. The van der Waals surface area contributed by atoms with Crippen LogP contribution in [0.1, 0.15) is 49.1 Å². The third-order valence-corrected chi connectivity index (χ3v) is 4.32. The minimum atomic E-state index is -0.725. The number of aliphatic hydroxyl groups is 1. The number of likely N-dealkylation sites (N-methyl/N-ethyl adjacent to an activating group) is 1. The maximum Gasteiger partial charge on any atom is 0.144 e. The fourth-order valence-corrected chi connectivity index (χ4v) is 3.20. The molecule has 2 atom stereocenters. The van der Waals surface area contributed by atoms with Gasteiger partial charge >= 0.3 is 0 Å². The molecule has 2 unspecified atom stereocenters. The van der Waals surface area contributed by atoms with Crippen LogP contribution in [0.5, 0.6) is 0 Å². The van der Waals surface area contributed by atoms with Crippen LogP contribution < -0.4 is 0 Å². The maximum atomic E-state index is 12.2. The molecule has 0 saturated heterocycles. The molecule has 0 saturated carbocycles. The molecule has 3 N–H and O–H groups in total. The molecule has 5 nitrogen and oxygen atoms in total. The number of carbonyl (C=O) groups excluding carboxylic acids is 1. The Labute approximate surface area is 143 Å². The zero-order chi connectivity index (χ0) is 18.0. The summed E-state index contributed by atoms with van der Waals surface area (Å²) < 4.78 is 0. The van der Waals surface area contributed by atoms with Gasteiger partial charge in [0.1, 0.15) is 5.78 Å². The number of aromatic nitrogens is 1. The summed E-state index contributed by atoms with van der Waals surface area (Å²) in [6, 6.07) is 5.99. The van der Waals surface area contributed by atoms with Crippen molar-refractivity contribution in [3.63, 3.8) is 0 Å². The fourth-order valence-electron chi connectivity index (χ4n) is 3.20. The largest absolute Gasteiger partial charge is 0.387 e. The van der Waals surface area contributed by atoms with Crippen molar-refractivity contribution in [2.75, 3.05) is 20.6 Å². The normalized spacial score (nSPS) is 14.1. The molecular weight excluding hydrogens is 302 g/mol. The van der Waals surface area contributed by atoms with E-state index in [1.807, 2.05) is 51.0 Å². The number of hydrogen-bond donors (Lipinski definition) is 3. The van der Waals surface area contributed by atoms with Crippen molar-refractivity contribution in [1.82, 2.24) is 9.88 Å². The van der Waals surface area contributed by atoms with Crippen LogP contribution in [-0.4, -0.2) is 47.1 Å². The van der Waals surface area contributed by atoms with Gasteiger partial charge in [0, 0.05) is 34.4 Å². The van der Waals surface area contributed by atoms with Crippen molar-refractivity contribution in [2.45, 2.75) is 39.2 Å². The monoisotopic (exact) mass is 329 g/mol. The van der Waals surface area contributed by atoms with Crippen molar-refractivity contribution >= 4 is 22.4 Å². The number of fused-ring (bicyclic) bond motifs is 1. The first-order valence-electron chi connectivity index (χ1n) is 8.28. The Kier molecular flexibility index (Phi) is 5.57. The van der Waals surface area contributed by atoms with Gasteiger partial charge in [0.05, 0.1) is 12.0 Å². The smallest absolute Gasteiger partial charge is 0.144 e. The molecule has 24 heavy (non-hydrogen) atoms. The second-order valence-corrected chi connectivity index (χ2v) is 6.70. The Morgan fingerprint density at radius 2 is 2.04 bits per heavy atom. The number of hydrogen-bond acceptors (Lipinski definition) is 4. The van der Waals surface area contributed by atoms with Gasteiger partial charge in [-0.1, -0.05) is 18.6 Å². The van der Waals surface area contributed by atoms with Crippen LogP contribution in [0.3, 0.4) is 0 Å². The third-order valence-electron chi connectivity index (χ3n) is 4.32. The highest BCUT2D eigenvalue weighted by Gasteiger charge is 2.29. The molecule has 2 aromatic rings. The Balaban J connectivity index is 2.71. The highest BCUT2D eigenvalue weighted by atomic mass is 16.3. The second kappa shape index (κ2) is 7.28. The maximum absolute atomic E-state index is 12.2. The van der Waals surface area contributed by atoms with Crippen molar-refractivity contribution in [1.29, 1.82) is 5.41 Å². The van der Waals surface area contributed by atoms with Crippen LogP contribution in [0.2, 0.25) is 0 Å². The Hall–Kier alpha value is -1.98. The second-order valence-electron chi connectivity index (χ2n) is 6.70. The molecule has 0 aliphatic rings. The third kappa shape index (κ3) is 3.57. The van der Waals surface area contributed by atoms with Crippen molar-refractivity contribution in [2.24, 2.45) is 0 Å². The van der Waals surface area contributed by atoms with Crippen LogP contribution >= 0.6 is 0 Å². The topological polar surface area (TPSA) is 80.2 Å². The molecule has 0 bridgehead atoms. The molecule has 130 valence electrons. The van der Waals surface area contributed by atoms with Crippen molar-refractivity contribution in [3.8, 4) is 0 Å². The van der Waals surface area contributed by atoms with Crippen molar-refractivity contribution in [3.05, 3.63) is 35.0 Å². The van der Waals surface area contributed by atoms with E-state index in [1.165, 1.54) is 6.92 Å². The van der Waals surface area contributed by atoms with E-state index in [0.717, 1.165) is 22.0 Å². The van der Waals surface area contributed by atoms with Gasteiger partial charge in [-0.3, -0.25) is 4.79 Å². The lowest BCUT2D eigenvalue weighted by atomic mass is 9.89. The summed E-state index contributed by atoms with van der Waals surface area (Å²) in [5.74, 6) is -0.710. The SMILES string of the molecule is CCC(=N)C(C(C)=O)c1[nH]c2ccc(C)cc2c1C(O)CN(C)C. The molecule has 0 amide bonds. The molecular formula is C19H27N3O2. The first kappa shape index (κ1) is 18.4. The zero-order valence-corrected chi connectivity index (χ0v) is 15.1. The molecule has 1 aromatic heterocycles. The molecule has 0 spiro atoms. The van der Waals surface area contributed by atoms with E-state index in [2.05, 4.69) is 4.98 Å². The van der Waals surface area contributed by atoms with Crippen molar-refractivity contribution < 1.29 is 9.90 Å². The molecule has 2 rings (SSSR count). The number of aryl methyl sites for hydroxylation is 1. The summed E-state index contributed by atoms with van der Waals surface area (Å²) in [5, 5.41) is 19.9.